The molecule has 1 heterocycles. The number of aromatic nitrogens is 1. The van der Waals surface area contributed by atoms with Gasteiger partial charge < -0.3 is 15.4 Å². The van der Waals surface area contributed by atoms with E-state index in [4.69, 9.17) is 4.74 Å². The third-order valence-electron chi connectivity index (χ3n) is 3.26. The molecule has 2 aromatic rings. The Balaban J connectivity index is 0.00000312. The molecule has 0 aliphatic heterocycles. The lowest BCUT2D eigenvalue weighted by molar-refractivity contribution is 0.310. The van der Waals surface area contributed by atoms with Crippen LogP contribution in [0, 0.1) is 12.7 Å². The standard InChI is InChI=1S/C17H23FN4OS.HI/c1-13-22-15(12-24-13)8-10-21-17(19-2)20-9-3-11-23-16-6-4-14(18)5-7-16;/h4-7,12H,3,8-11H2,1-2H3,(H2,19,20,21);1H. The molecular weight excluding hydrogens is 454 g/mol. The Kier molecular flexibility index (Phi) is 10.4. The maximum Gasteiger partial charge on any atom is 0.190 e. The fraction of sp³-hybridized carbons (Fsp3) is 0.412. The second-order valence-electron chi connectivity index (χ2n) is 5.19. The smallest absolute Gasteiger partial charge is 0.190 e. The van der Waals surface area contributed by atoms with Crippen molar-refractivity contribution in [2.45, 2.75) is 19.8 Å². The fourth-order valence-corrected chi connectivity index (χ4v) is 2.70. The molecule has 0 amide bonds. The van der Waals surface area contributed by atoms with Gasteiger partial charge >= 0.3 is 0 Å². The molecule has 0 saturated heterocycles. The highest BCUT2D eigenvalue weighted by Gasteiger charge is 2.01. The average molecular weight is 478 g/mol. The van der Waals surface area contributed by atoms with Gasteiger partial charge in [0.25, 0.3) is 0 Å². The summed E-state index contributed by atoms with van der Waals surface area (Å²) in [4.78, 5) is 8.62. The van der Waals surface area contributed by atoms with Crippen LogP contribution in [0.4, 0.5) is 4.39 Å². The van der Waals surface area contributed by atoms with Gasteiger partial charge in [0, 0.05) is 31.9 Å². The van der Waals surface area contributed by atoms with Gasteiger partial charge in [0.15, 0.2) is 5.96 Å². The Morgan fingerprint density at radius 2 is 1.96 bits per heavy atom. The minimum absolute atomic E-state index is 0. The molecular formula is C17H24FIN4OS. The Hall–Kier alpha value is -1.42. The van der Waals surface area contributed by atoms with Crippen molar-refractivity contribution in [2.75, 3.05) is 26.7 Å². The maximum atomic E-state index is 12.8. The van der Waals surface area contributed by atoms with Gasteiger partial charge in [-0.2, -0.15) is 0 Å². The molecule has 0 aliphatic rings. The number of hydrogen-bond donors (Lipinski definition) is 2. The Morgan fingerprint density at radius 1 is 1.24 bits per heavy atom. The van der Waals surface area contributed by atoms with E-state index < -0.39 is 0 Å². The third kappa shape index (κ3) is 8.48. The molecule has 0 spiro atoms. The largest absolute Gasteiger partial charge is 0.494 e. The summed E-state index contributed by atoms with van der Waals surface area (Å²) in [5.41, 5.74) is 1.10. The quantitative estimate of drug-likeness (QED) is 0.265. The Bertz CT molecular complexity index is 648. The first-order chi connectivity index (χ1) is 11.7. The Morgan fingerprint density at radius 3 is 2.60 bits per heavy atom. The number of guanidine groups is 1. The van der Waals surface area contributed by atoms with Crippen molar-refractivity contribution in [3.8, 4) is 5.75 Å². The predicted molar refractivity (Wildman–Crippen MR) is 112 cm³/mol. The van der Waals surface area contributed by atoms with Gasteiger partial charge in [-0.3, -0.25) is 4.99 Å². The molecule has 2 rings (SSSR count). The number of aryl methyl sites for hydroxylation is 1. The maximum absolute atomic E-state index is 12.8. The molecule has 1 aromatic heterocycles. The molecule has 138 valence electrons. The van der Waals surface area contributed by atoms with E-state index >= 15 is 0 Å². The number of nitrogens with zero attached hydrogens (tertiary/aromatic N) is 2. The molecule has 0 atom stereocenters. The van der Waals surface area contributed by atoms with Crippen LogP contribution in [0.5, 0.6) is 5.75 Å². The first-order valence-electron chi connectivity index (χ1n) is 7.91. The number of benzene rings is 1. The minimum atomic E-state index is -0.258. The number of hydrogen-bond acceptors (Lipinski definition) is 4. The zero-order chi connectivity index (χ0) is 17.2. The van der Waals surface area contributed by atoms with Crippen LogP contribution in [-0.4, -0.2) is 37.7 Å². The highest BCUT2D eigenvalue weighted by Crippen LogP contribution is 2.11. The fourth-order valence-electron chi connectivity index (χ4n) is 2.05. The van der Waals surface area contributed by atoms with Crippen LogP contribution < -0.4 is 15.4 Å². The highest BCUT2D eigenvalue weighted by atomic mass is 127. The lowest BCUT2D eigenvalue weighted by Gasteiger charge is -2.11. The van der Waals surface area contributed by atoms with E-state index in [1.54, 1.807) is 30.5 Å². The van der Waals surface area contributed by atoms with Crippen molar-refractivity contribution in [3.05, 3.63) is 46.2 Å². The van der Waals surface area contributed by atoms with E-state index in [9.17, 15) is 4.39 Å². The van der Waals surface area contributed by atoms with Gasteiger partial charge in [-0.1, -0.05) is 0 Å². The van der Waals surface area contributed by atoms with Crippen molar-refractivity contribution in [3.63, 3.8) is 0 Å². The number of nitrogens with one attached hydrogen (secondary N) is 2. The molecule has 8 heteroatoms. The molecule has 2 N–H and O–H groups in total. The summed E-state index contributed by atoms with van der Waals surface area (Å²) in [5, 5.41) is 9.68. The lowest BCUT2D eigenvalue weighted by atomic mass is 10.3. The number of rotatable bonds is 8. The lowest BCUT2D eigenvalue weighted by Crippen LogP contribution is -2.39. The normalized spacial score (nSPS) is 10.9. The van der Waals surface area contributed by atoms with Crippen LogP contribution >= 0.6 is 35.3 Å². The van der Waals surface area contributed by atoms with E-state index in [1.807, 2.05) is 6.92 Å². The van der Waals surface area contributed by atoms with Crippen LogP contribution in [0.15, 0.2) is 34.6 Å². The van der Waals surface area contributed by atoms with E-state index in [0.717, 1.165) is 42.6 Å². The van der Waals surface area contributed by atoms with Crippen molar-refractivity contribution in [1.29, 1.82) is 0 Å². The zero-order valence-electron chi connectivity index (χ0n) is 14.4. The van der Waals surface area contributed by atoms with Gasteiger partial charge in [-0.05, 0) is 37.6 Å². The summed E-state index contributed by atoms with van der Waals surface area (Å²) in [6.45, 7) is 4.11. The van der Waals surface area contributed by atoms with Crippen LogP contribution in [0.1, 0.15) is 17.1 Å². The molecule has 0 radical (unpaired) electrons. The van der Waals surface area contributed by atoms with Crippen molar-refractivity contribution in [1.82, 2.24) is 15.6 Å². The molecule has 0 bridgehead atoms. The van der Waals surface area contributed by atoms with Crippen molar-refractivity contribution < 1.29 is 9.13 Å². The monoisotopic (exact) mass is 478 g/mol. The average Bonchev–Trinajstić information content (AvgIpc) is 3.00. The topological polar surface area (TPSA) is 58.5 Å². The number of ether oxygens (including phenoxy) is 1. The number of thiazole rings is 1. The minimum Gasteiger partial charge on any atom is -0.494 e. The summed E-state index contributed by atoms with van der Waals surface area (Å²) < 4.78 is 18.3. The molecule has 0 fully saturated rings. The van der Waals surface area contributed by atoms with E-state index in [-0.39, 0.29) is 29.8 Å². The van der Waals surface area contributed by atoms with E-state index in [2.05, 4.69) is 26.0 Å². The third-order valence-corrected chi connectivity index (χ3v) is 4.08. The van der Waals surface area contributed by atoms with Crippen LogP contribution in [0.3, 0.4) is 0 Å². The van der Waals surface area contributed by atoms with E-state index in [0.29, 0.717) is 12.4 Å². The summed E-state index contributed by atoms with van der Waals surface area (Å²) >= 11 is 1.67. The molecule has 0 saturated carbocycles. The molecule has 0 unspecified atom stereocenters. The second kappa shape index (κ2) is 12.0. The van der Waals surface area contributed by atoms with Crippen LogP contribution in [0.2, 0.25) is 0 Å². The molecule has 1 aromatic carbocycles. The number of halogens is 2. The first-order valence-corrected chi connectivity index (χ1v) is 8.79. The molecule has 0 aliphatic carbocycles. The summed E-state index contributed by atoms with van der Waals surface area (Å²) in [6.07, 6.45) is 1.70. The SMILES string of the molecule is CN=C(NCCCOc1ccc(F)cc1)NCCc1csc(C)n1.I. The van der Waals surface area contributed by atoms with Gasteiger partial charge in [0.2, 0.25) is 0 Å². The highest BCUT2D eigenvalue weighted by molar-refractivity contribution is 14.0. The predicted octanol–water partition coefficient (Wildman–Crippen LogP) is 3.39. The zero-order valence-corrected chi connectivity index (χ0v) is 17.6. The first kappa shape index (κ1) is 21.6. The molecule has 25 heavy (non-hydrogen) atoms. The van der Waals surface area contributed by atoms with Crippen molar-refractivity contribution >= 4 is 41.3 Å². The van der Waals surface area contributed by atoms with Gasteiger partial charge in [-0.25, -0.2) is 9.37 Å². The summed E-state index contributed by atoms with van der Waals surface area (Å²) in [7, 11) is 1.75. The van der Waals surface area contributed by atoms with Crippen LogP contribution in [-0.2, 0) is 6.42 Å². The van der Waals surface area contributed by atoms with Crippen LogP contribution in [0.25, 0.3) is 0 Å². The van der Waals surface area contributed by atoms with Gasteiger partial charge in [0.1, 0.15) is 11.6 Å². The summed E-state index contributed by atoms with van der Waals surface area (Å²) in [5.74, 6) is 1.19. The van der Waals surface area contributed by atoms with E-state index in [1.165, 1.54) is 12.1 Å². The van der Waals surface area contributed by atoms with Gasteiger partial charge in [-0.15, -0.1) is 35.3 Å². The second-order valence-corrected chi connectivity index (χ2v) is 6.25. The summed E-state index contributed by atoms with van der Waals surface area (Å²) in [6, 6.07) is 6.04. The van der Waals surface area contributed by atoms with Gasteiger partial charge in [0.05, 0.1) is 17.3 Å². The molecule has 5 nitrogen and oxygen atoms in total. The Labute approximate surface area is 169 Å². The van der Waals surface area contributed by atoms with Crippen molar-refractivity contribution in [2.24, 2.45) is 4.99 Å². The number of aliphatic imine (C=N–C) groups is 1.